The highest BCUT2D eigenvalue weighted by Gasteiger charge is 2.08. The first-order valence-corrected chi connectivity index (χ1v) is 3.79. The molecular formula is C8H11ClN2O3. The number of nitro benzene ring substituents is 1. The number of nitro groups is 1. The van der Waals surface area contributed by atoms with E-state index in [9.17, 15) is 10.1 Å². The lowest BCUT2D eigenvalue weighted by Gasteiger charge is -2.02. The van der Waals surface area contributed by atoms with Gasteiger partial charge in [-0.15, -0.1) is 12.4 Å². The molecule has 0 spiro atoms. The number of nitrogen functional groups attached to an aromatic ring is 1. The monoisotopic (exact) mass is 218 g/mol. The summed E-state index contributed by atoms with van der Waals surface area (Å²) in [6, 6.07) is 4.20. The van der Waals surface area contributed by atoms with Gasteiger partial charge in [-0.3, -0.25) is 10.1 Å². The van der Waals surface area contributed by atoms with Gasteiger partial charge < -0.3 is 10.8 Å². The number of nitrogens with zero attached hydrogens (tertiary/aromatic N) is 1. The average molecular weight is 219 g/mol. The van der Waals surface area contributed by atoms with E-state index in [1.165, 1.54) is 18.2 Å². The molecule has 0 fully saturated rings. The maximum Gasteiger partial charge on any atom is 0.269 e. The molecule has 0 saturated carbocycles. The van der Waals surface area contributed by atoms with Gasteiger partial charge in [0.25, 0.3) is 5.69 Å². The zero-order valence-corrected chi connectivity index (χ0v) is 8.16. The number of nitrogens with two attached hydrogens (primary N) is 1. The van der Waals surface area contributed by atoms with Crippen molar-refractivity contribution in [3.63, 3.8) is 0 Å². The number of hydrogen-bond acceptors (Lipinski definition) is 4. The summed E-state index contributed by atoms with van der Waals surface area (Å²) in [6.45, 7) is -0.0641. The Bertz CT molecular complexity index is 330. The van der Waals surface area contributed by atoms with Gasteiger partial charge >= 0.3 is 0 Å². The smallest absolute Gasteiger partial charge is 0.269 e. The minimum absolute atomic E-state index is 0. The van der Waals surface area contributed by atoms with Crippen LogP contribution < -0.4 is 5.73 Å². The summed E-state index contributed by atoms with van der Waals surface area (Å²) >= 11 is 0. The molecule has 78 valence electrons. The highest BCUT2D eigenvalue weighted by molar-refractivity contribution is 5.85. The van der Waals surface area contributed by atoms with E-state index >= 15 is 0 Å². The number of halogens is 1. The fraction of sp³-hybridized carbons (Fsp3) is 0.250. The second kappa shape index (κ2) is 5.41. The maximum atomic E-state index is 10.4. The summed E-state index contributed by atoms with van der Waals surface area (Å²) < 4.78 is 0. The second-order valence-corrected chi connectivity index (χ2v) is 2.61. The van der Waals surface area contributed by atoms with E-state index in [0.717, 1.165) is 0 Å². The van der Waals surface area contributed by atoms with Crippen LogP contribution in [0.15, 0.2) is 18.2 Å². The fourth-order valence-electron chi connectivity index (χ4n) is 1.04. The molecular weight excluding hydrogens is 208 g/mol. The summed E-state index contributed by atoms with van der Waals surface area (Å²) in [7, 11) is 0. The Morgan fingerprint density at radius 2 is 2.14 bits per heavy atom. The van der Waals surface area contributed by atoms with Crippen LogP contribution in [0.25, 0.3) is 0 Å². The molecule has 0 bridgehead atoms. The number of aliphatic hydroxyl groups excluding tert-OH is 1. The molecule has 3 N–H and O–H groups in total. The molecule has 14 heavy (non-hydrogen) atoms. The van der Waals surface area contributed by atoms with E-state index in [0.29, 0.717) is 17.7 Å². The number of anilines is 1. The molecule has 5 nitrogen and oxygen atoms in total. The number of non-ortho nitro benzene ring substituents is 1. The minimum atomic E-state index is -0.486. The zero-order valence-electron chi connectivity index (χ0n) is 7.34. The third-order valence-electron chi connectivity index (χ3n) is 1.72. The van der Waals surface area contributed by atoms with Crippen LogP contribution in [-0.2, 0) is 6.42 Å². The van der Waals surface area contributed by atoms with Crippen molar-refractivity contribution >= 4 is 23.8 Å². The summed E-state index contributed by atoms with van der Waals surface area (Å²) in [5.41, 5.74) is 6.62. The van der Waals surface area contributed by atoms with Crippen LogP contribution in [0.1, 0.15) is 5.56 Å². The Labute approximate surface area is 87.1 Å². The summed E-state index contributed by atoms with van der Waals surface area (Å²) in [5.74, 6) is 0. The zero-order chi connectivity index (χ0) is 9.84. The third-order valence-corrected chi connectivity index (χ3v) is 1.72. The van der Waals surface area contributed by atoms with Crippen molar-refractivity contribution in [1.29, 1.82) is 0 Å². The fourth-order valence-corrected chi connectivity index (χ4v) is 1.04. The van der Waals surface area contributed by atoms with Gasteiger partial charge in [0, 0.05) is 24.4 Å². The number of benzene rings is 1. The normalized spacial score (nSPS) is 9.21. The van der Waals surface area contributed by atoms with Crippen LogP contribution in [-0.4, -0.2) is 16.6 Å². The van der Waals surface area contributed by atoms with Crippen LogP contribution in [0, 0.1) is 10.1 Å². The van der Waals surface area contributed by atoms with Crippen molar-refractivity contribution in [2.75, 3.05) is 12.3 Å². The molecule has 0 atom stereocenters. The van der Waals surface area contributed by atoms with Crippen molar-refractivity contribution in [3.8, 4) is 0 Å². The SMILES string of the molecule is Cl.Nc1ccc([N+](=O)[O-])cc1CCO. The van der Waals surface area contributed by atoms with Gasteiger partial charge in [-0.2, -0.15) is 0 Å². The topological polar surface area (TPSA) is 89.4 Å². The molecule has 0 aliphatic heterocycles. The Morgan fingerprint density at radius 1 is 1.50 bits per heavy atom. The van der Waals surface area contributed by atoms with E-state index in [-0.39, 0.29) is 24.7 Å². The van der Waals surface area contributed by atoms with Gasteiger partial charge in [-0.1, -0.05) is 0 Å². The van der Waals surface area contributed by atoms with Crippen molar-refractivity contribution in [2.45, 2.75) is 6.42 Å². The molecule has 1 aromatic carbocycles. The molecule has 0 saturated heterocycles. The highest BCUT2D eigenvalue weighted by atomic mass is 35.5. The van der Waals surface area contributed by atoms with E-state index < -0.39 is 4.92 Å². The van der Waals surface area contributed by atoms with Crippen LogP contribution in [0.2, 0.25) is 0 Å². The number of hydrogen-bond donors (Lipinski definition) is 2. The van der Waals surface area contributed by atoms with Gasteiger partial charge in [0.05, 0.1) is 4.92 Å². The standard InChI is InChI=1S/C8H10N2O3.ClH/c9-8-2-1-7(10(12)13)5-6(8)3-4-11;/h1-2,5,11H,3-4,9H2;1H. The van der Waals surface area contributed by atoms with Crippen LogP contribution >= 0.6 is 12.4 Å². The quantitative estimate of drug-likeness (QED) is 0.452. The molecule has 6 heteroatoms. The van der Waals surface area contributed by atoms with Gasteiger partial charge in [0.1, 0.15) is 0 Å². The summed E-state index contributed by atoms with van der Waals surface area (Å²) in [4.78, 5) is 9.89. The Balaban J connectivity index is 0.00000169. The number of aliphatic hydroxyl groups is 1. The second-order valence-electron chi connectivity index (χ2n) is 2.61. The first-order chi connectivity index (χ1) is 6.15. The van der Waals surface area contributed by atoms with E-state index in [1.54, 1.807) is 0 Å². The largest absolute Gasteiger partial charge is 0.398 e. The molecule has 1 aromatic rings. The van der Waals surface area contributed by atoms with E-state index in [1.807, 2.05) is 0 Å². The molecule has 0 radical (unpaired) electrons. The van der Waals surface area contributed by atoms with Gasteiger partial charge in [0.2, 0.25) is 0 Å². The molecule has 0 aliphatic carbocycles. The average Bonchev–Trinajstić information content (AvgIpc) is 2.08. The molecule has 0 heterocycles. The molecule has 0 unspecified atom stereocenters. The number of rotatable bonds is 3. The molecule has 0 amide bonds. The lowest BCUT2D eigenvalue weighted by Crippen LogP contribution is -1.99. The Kier molecular flexibility index (Phi) is 4.90. The van der Waals surface area contributed by atoms with Crippen LogP contribution in [0.5, 0.6) is 0 Å². The van der Waals surface area contributed by atoms with Crippen LogP contribution in [0.4, 0.5) is 11.4 Å². The van der Waals surface area contributed by atoms with Gasteiger partial charge in [-0.05, 0) is 18.1 Å². The first-order valence-electron chi connectivity index (χ1n) is 3.79. The highest BCUT2D eigenvalue weighted by Crippen LogP contribution is 2.19. The van der Waals surface area contributed by atoms with Gasteiger partial charge in [-0.25, -0.2) is 0 Å². The predicted molar refractivity (Wildman–Crippen MR) is 55.5 cm³/mol. The van der Waals surface area contributed by atoms with Crippen molar-refractivity contribution < 1.29 is 10.0 Å². The van der Waals surface area contributed by atoms with E-state index in [4.69, 9.17) is 10.8 Å². The third kappa shape index (κ3) is 2.86. The minimum Gasteiger partial charge on any atom is -0.398 e. The van der Waals surface area contributed by atoms with Crippen molar-refractivity contribution in [2.24, 2.45) is 0 Å². The lowest BCUT2D eigenvalue weighted by atomic mass is 10.1. The predicted octanol–water partition coefficient (Wildman–Crippen LogP) is 1.13. The Morgan fingerprint density at radius 3 is 2.64 bits per heavy atom. The first kappa shape index (κ1) is 12.7. The van der Waals surface area contributed by atoms with Crippen molar-refractivity contribution in [3.05, 3.63) is 33.9 Å². The summed E-state index contributed by atoms with van der Waals surface area (Å²) in [5, 5.41) is 19.0. The van der Waals surface area contributed by atoms with Crippen LogP contribution in [0.3, 0.4) is 0 Å². The lowest BCUT2D eigenvalue weighted by molar-refractivity contribution is -0.384. The van der Waals surface area contributed by atoms with Gasteiger partial charge in [0.15, 0.2) is 0 Å². The van der Waals surface area contributed by atoms with Crippen molar-refractivity contribution in [1.82, 2.24) is 0 Å². The molecule has 1 rings (SSSR count). The van der Waals surface area contributed by atoms with E-state index in [2.05, 4.69) is 0 Å². The maximum absolute atomic E-state index is 10.4. The molecule has 0 aromatic heterocycles. The summed E-state index contributed by atoms with van der Waals surface area (Å²) in [6.07, 6.45) is 0.341. The molecule has 0 aliphatic rings. The Hall–Kier alpha value is -1.33.